The van der Waals surface area contributed by atoms with Gasteiger partial charge in [0.2, 0.25) is 5.88 Å². The Morgan fingerprint density at radius 2 is 2.04 bits per heavy atom. The standard InChI is InChI=1S/C17H22N4O3/c1-9(2)10-6-11(10)12-7-14(20-21(3)16(12)22)13-8-18-17(24-5)19-15(13)23-4/h7-11H,6H2,1-5H3/t10-,11+/m1/s1. The molecule has 7 heteroatoms. The molecule has 7 nitrogen and oxygen atoms in total. The summed E-state index contributed by atoms with van der Waals surface area (Å²) < 4.78 is 11.7. The maximum Gasteiger partial charge on any atom is 0.319 e. The van der Waals surface area contributed by atoms with E-state index in [1.807, 2.05) is 6.07 Å². The van der Waals surface area contributed by atoms with E-state index in [9.17, 15) is 4.79 Å². The SMILES string of the molecule is COc1ncc(-c2cc([C@H]3C[C@@H]3C(C)C)c(=O)n(C)n2)c(OC)n1. The largest absolute Gasteiger partial charge is 0.480 e. The molecule has 1 fully saturated rings. The second-order valence-corrected chi connectivity index (χ2v) is 6.44. The first kappa shape index (κ1) is 16.4. The van der Waals surface area contributed by atoms with Gasteiger partial charge in [-0.15, -0.1) is 0 Å². The van der Waals surface area contributed by atoms with Crippen molar-refractivity contribution in [2.24, 2.45) is 18.9 Å². The minimum Gasteiger partial charge on any atom is -0.480 e. The zero-order valence-corrected chi connectivity index (χ0v) is 14.6. The first-order chi connectivity index (χ1) is 11.5. The van der Waals surface area contributed by atoms with Crippen LogP contribution in [0, 0.1) is 11.8 Å². The van der Waals surface area contributed by atoms with Crippen molar-refractivity contribution in [1.82, 2.24) is 19.7 Å². The average molecular weight is 330 g/mol. The maximum absolute atomic E-state index is 12.5. The number of rotatable bonds is 5. The van der Waals surface area contributed by atoms with Crippen molar-refractivity contribution in [2.75, 3.05) is 14.2 Å². The predicted molar refractivity (Wildman–Crippen MR) is 89.3 cm³/mol. The Labute approximate surface area is 140 Å². The van der Waals surface area contributed by atoms with E-state index in [0.29, 0.717) is 34.9 Å². The molecule has 1 aliphatic rings. The highest BCUT2D eigenvalue weighted by molar-refractivity contribution is 5.64. The zero-order valence-electron chi connectivity index (χ0n) is 14.6. The molecular weight excluding hydrogens is 308 g/mol. The Hall–Kier alpha value is -2.44. The van der Waals surface area contributed by atoms with Gasteiger partial charge < -0.3 is 9.47 Å². The number of hydrogen-bond acceptors (Lipinski definition) is 6. The molecule has 0 unspecified atom stereocenters. The first-order valence-corrected chi connectivity index (χ1v) is 7.99. The van der Waals surface area contributed by atoms with E-state index in [2.05, 4.69) is 28.9 Å². The summed E-state index contributed by atoms with van der Waals surface area (Å²) in [6.07, 6.45) is 2.65. The Balaban J connectivity index is 2.07. The van der Waals surface area contributed by atoms with Crippen LogP contribution < -0.4 is 15.0 Å². The van der Waals surface area contributed by atoms with Gasteiger partial charge in [0, 0.05) is 18.8 Å². The molecule has 0 N–H and O–H groups in total. The molecule has 2 aromatic rings. The number of methoxy groups -OCH3 is 2. The minimum absolute atomic E-state index is 0.0414. The molecule has 0 saturated heterocycles. The highest BCUT2D eigenvalue weighted by Gasteiger charge is 2.42. The first-order valence-electron chi connectivity index (χ1n) is 7.99. The molecule has 0 aliphatic heterocycles. The maximum atomic E-state index is 12.5. The van der Waals surface area contributed by atoms with Gasteiger partial charge >= 0.3 is 6.01 Å². The lowest BCUT2D eigenvalue weighted by Crippen LogP contribution is -2.24. The Kier molecular flexibility index (Phi) is 4.26. The fourth-order valence-electron chi connectivity index (χ4n) is 3.12. The molecule has 2 aromatic heterocycles. The molecule has 2 heterocycles. The normalized spacial score (nSPS) is 19.4. The number of nitrogens with zero attached hydrogens (tertiary/aromatic N) is 4. The molecule has 0 bridgehead atoms. The van der Waals surface area contributed by atoms with E-state index >= 15 is 0 Å². The van der Waals surface area contributed by atoms with Gasteiger partial charge in [-0.3, -0.25) is 4.79 Å². The molecule has 0 spiro atoms. The van der Waals surface area contributed by atoms with Crippen molar-refractivity contribution >= 4 is 0 Å². The van der Waals surface area contributed by atoms with Crippen LogP contribution in [-0.4, -0.2) is 34.0 Å². The van der Waals surface area contributed by atoms with Crippen LogP contribution in [0.2, 0.25) is 0 Å². The fraction of sp³-hybridized carbons (Fsp3) is 0.529. The third-order valence-electron chi connectivity index (χ3n) is 4.57. The molecule has 2 atom stereocenters. The number of aromatic nitrogens is 4. The lowest BCUT2D eigenvalue weighted by molar-refractivity contribution is 0.353. The summed E-state index contributed by atoms with van der Waals surface area (Å²) in [5, 5.41) is 4.35. The molecule has 1 aliphatic carbocycles. The van der Waals surface area contributed by atoms with E-state index < -0.39 is 0 Å². The van der Waals surface area contributed by atoms with Crippen LogP contribution in [0.3, 0.4) is 0 Å². The van der Waals surface area contributed by atoms with Crippen LogP contribution in [-0.2, 0) is 7.05 Å². The zero-order chi connectivity index (χ0) is 17.4. The predicted octanol–water partition coefficient (Wildman–Crippen LogP) is 2.01. The van der Waals surface area contributed by atoms with Crippen molar-refractivity contribution in [3.63, 3.8) is 0 Å². The van der Waals surface area contributed by atoms with E-state index in [1.165, 1.54) is 18.9 Å². The van der Waals surface area contributed by atoms with Gasteiger partial charge in [0.05, 0.1) is 25.5 Å². The van der Waals surface area contributed by atoms with E-state index in [-0.39, 0.29) is 11.6 Å². The highest BCUT2D eigenvalue weighted by atomic mass is 16.5. The van der Waals surface area contributed by atoms with Crippen molar-refractivity contribution in [1.29, 1.82) is 0 Å². The highest BCUT2D eigenvalue weighted by Crippen LogP contribution is 2.51. The molecule has 24 heavy (non-hydrogen) atoms. The molecule has 0 aromatic carbocycles. The average Bonchev–Trinajstić information content (AvgIpc) is 3.37. The Morgan fingerprint density at radius 3 is 2.62 bits per heavy atom. The Bertz CT molecular complexity index is 816. The molecule has 0 amide bonds. The number of hydrogen-bond donors (Lipinski definition) is 0. The van der Waals surface area contributed by atoms with Crippen LogP contribution in [0.15, 0.2) is 17.1 Å². The number of ether oxygens (including phenoxy) is 2. The monoisotopic (exact) mass is 330 g/mol. The van der Waals surface area contributed by atoms with Crippen LogP contribution >= 0.6 is 0 Å². The lowest BCUT2D eigenvalue weighted by Gasteiger charge is -2.11. The lowest BCUT2D eigenvalue weighted by atomic mass is 10.0. The second-order valence-electron chi connectivity index (χ2n) is 6.44. The summed E-state index contributed by atoms with van der Waals surface area (Å²) in [7, 11) is 4.69. The van der Waals surface area contributed by atoms with Gasteiger partial charge in [0.25, 0.3) is 5.56 Å². The Morgan fingerprint density at radius 1 is 1.29 bits per heavy atom. The third kappa shape index (κ3) is 2.86. The van der Waals surface area contributed by atoms with Crippen molar-refractivity contribution in [3.8, 4) is 23.1 Å². The molecular formula is C17H22N4O3. The summed E-state index contributed by atoms with van der Waals surface area (Å²) >= 11 is 0. The van der Waals surface area contributed by atoms with Crippen LogP contribution in [0.4, 0.5) is 0 Å². The van der Waals surface area contributed by atoms with Crippen LogP contribution in [0.1, 0.15) is 31.7 Å². The van der Waals surface area contributed by atoms with Crippen molar-refractivity contribution in [2.45, 2.75) is 26.2 Å². The molecule has 0 radical (unpaired) electrons. The third-order valence-corrected chi connectivity index (χ3v) is 4.57. The summed E-state index contributed by atoms with van der Waals surface area (Å²) in [4.78, 5) is 20.8. The van der Waals surface area contributed by atoms with E-state index in [0.717, 1.165) is 12.0 Å². The van der Waals surface area contributed by atoms with Gasteiger partial charge in [-0.05, 0) is 30.2 Å². The second kappa shape index (κ2) is 6.22. The van der Waals surface area contributed by atoms with Crippen LogP contribution in [0.5, 0.6) is 11.9 Å². The quantitative estimate of drug-likeness (QED) is 0.834. The summed E-state index contributed by atoms with van der Waals surface area (Å²) in [5.74, 6) is 1.79. The summed E-state index contributed by atoms with van der Waals surface area (Å²) in [6, 6.07) is 2.07. The topological polar surface area (TPSA) is 79.1 Å². The minimum atomic E-state index is -0.0414. The fourth-order valence-corrected chi connectivity index (χ4v) is 3.12. The molecule has 1 saturated carbocycles. The molecule has 3 rings (SSSR count). The van der Waals surface area contributed by atoms with E-state index in [1.54, 1.807) is 13.2 Å². The van der Waals surface area contributed by atoms with Gasteiger partial charge in [-0.1, -0.05) is 13.8 Å². The van der Waals surface area contributed by atoms with E-state index in [4.69, 9.17) is 9.47 Å². The van der Waals surface area contributed by atoms with Crippen molar-refractivity contribution < 1.29 is 9.47 Å². The van der Waals surface area contributed by atoms with Gasteiger partial charge in [-0.2, -0.15) is 10.1 Å². The summed E-state index contributed by atoms with van der Waals surface area (Å²) in [5.41, 5.74) is 2.03. The van der Waals surface area contributed by atoms with Crippen LogP contribution in [0.25, 0.3) is 11.3 Å². The van der Waals surface area contributed by atoms with Gasteiger partial charge in [-0.25, -0.2) is 9.67 Å². The number of aryl methyl sites for hydroxylation is 1. The van der Waals surface area contributed by atoms with Crippen molar-refractivity contribution in [3.05, 3.63) is 28.2 Å². The molecule has 128 valence electrons. The smallest absolute Gasteiger partial charge is 0.319 e. The summed E-state index contributed by atoms with van der Waals surface area (Å²) in [6.45, 7) is 4.38. The van der Waals surface area contributed by atoms with Gasteiger partial charge in [0.15, 0.2) is 0 Å². The van der Waals surface area contributed by atoms with Gasteiger partial charge in [0.1, 0.15) is 0 Å².